The molecule has 1 amide bonds. The predicted molar refractivity (Wildman–Crippen MR) is 207 cm³/mol. The van der Waals surface area contributed by atoms with Gasteiger partial charge in [-0.15, -0.1) is 5.10 Å². The van der Waals surface area contributed by atoms with Crippen LogP contribution in [0.15, 0.2) is 115 Å². The lowest BCUT2D eigenvalue weighted by molar-refractivity contribution is -0.118. The number of aliphatic hydroxyl groups is 1. The fourth-order valence-corrected chi connectivity index (χ4v) is 6.82. The van der Waals surface area contributed by atoms with E-state index in [2.05, 4.69) is 41.4 Å². The molecule has 12 heteroatoms. The number of methoxy groups -OCH3 is 2. The van der Waals surface area contributed by atoms with Crippen molar-refractivity contribution in [3.63, 3.8) is 0 Å². The van der Waals surface area contributed by atoms with E-state index < -0.39 is 24.0 Å². The lowest BCUT2D eigenvalue weighted by Gasteiger charge is -2.37. The van der Waals surface area contributed by atoms with Gasteiger partial charge < -0.3 is 34.1 Å². The molecular weight excluding hydrogens is 699 g/mol. The molecule has 1 saturated heterocycles. The monoisotopic (exact) mass is 743 g/mol. The van der Waals surface area contributed by atoms with Crippen molar-refractivity contribution in [2.75, 3.05) is 32.8 Å². The van der Waals surface area contributed by atoms with Gasteiger partial charge in [0.05, 0.1) is 32.6 Å². The maximum absolute atomic E-state index is 12.9. The minimum absolute atomic E-state index is 0.0142. The summed E-state index contributed by atoms with van der Waals surface area (Å²) < 4.78 is 31.6. The molecule has 0 unspecified atom stereocenters. The molecule has 4 aromatic carbocycles. The Hall–Kier alpha value is -5.82. The highest BCUT2D eigenvalue weighted by atomic mass is 16.6. The van der Waals surface area contributed by atoms with Gasteiger partial charge in [-0.2, -0.15) is 4.68 Å². The number of benzene rings is 4. The molecule has 3 heterocycles. The van der Waals surface area contributed by atoms with Crippen LogP contribution in [-0.2, 0) is 25.3 Å². The summed E-state index contributed by atoms with van der Waals surface area (Å²) in [7, 11) is 3.26. The highest BCUT2D eigenvalue weighted by molar-refractivity contribution is 5.98. The molecule has 0 bridgehead atoms. The zero-order valence-electron chi connectivity index (χ0n) is 31.5. The fraction of sp³-hybridized carbons (Fsp3) is 0.302. The third-order valence-electron chi connectivity index (χ3n) is 9.84. The molecule has 1 aliphatic rings. The first-order valence-corrected chi connectivity index (χ1v) is 18.1. The minimum atomic E-state index is -1.09. The van der Waals surface area contributed by atoms with Gasteiger partial charge in [0.1, 0.15) is 29.0 Å². The fourth-order valence-electron chi connectivity index (χ4n) is 6.82. The Morgan fingerprint density at radius 2 is 1.40 bits per heavy atom. The number of aliphatic hydroxyl groups excluding tert-OH is 1. The van der Waals surface area contributed by atoms with Crippen molar-refractivity contribution in [1.82, 2.24) is 20.0 Å². The number of amides is 1. The van der Waals surface area contributed by atoms with Crippen molar-refractivity contribution in [2.24, 2.45) is 0 Å². The van der Waals surface area contributed by atoms with Crippen LogP contribution in [0.5, 0.6) is 17.2 Å². The van der Waals surface area contributed by atoms with Gasteiger partial charge in [-0.05, 0) is 70.1 Å². The van der Waals surface area contributed by atoms with Crippen LogP contribution >= 0.6 is 0 Å². The van der Waals surface area contributed by atoms with Crippen LogP contribution in [0.4, 0.5) is 5.69 Å². The Balaban J connectivity index is 1.09. The number of aromatic nitrogens is 4. The lowest BCUT2D eigenvalue weighted by atomic mass is 9.80. The average molecular weight is 744 g/mol. The zero-order chi connectivity index (χ0) is 38.6. The summed E-state index contributed by atoms with van der Waals surface area (Å²) in [6, 6.07) is 34.8. The Labute approximate surface area is 320 Å². The number of hydrogen-bond donors (Lipinski definition) is 2. The summed E-state index contributed by atoms with van der Waals surface area (Å²) in [6.45, 7) is 6.26. The molecule has 1 fully saturated rings. The number of nitrogens with one attached hydrogen (secondary N) is 1. The molecule has 6 aromatic rings. The number of fused-ring (bicyclic) bond motifs is 1. The van der Waals surface area contributed by atoms with Crippen molar-refractivity contribution in [2.45, 2.75) is 56.6 Å². The van der Waals surface area contributed by atoms with E-state index in [1.54, 1.807) is 26.5 Å². The van der Waals surface area contributed by atoms with Gasteiger partial charge in [0.25, 0.3) is 5.91 Å². The molecule has 2 aromatic heterocycles. The van der Waals surface area contributed by atoms with Crippen molar-refractivity contribution < 1.29 is 33.6 Å². The first kappa shape index (κ1) is 37.5. The van der Waals surface area contributed by atoms with E-state index in [0.29, 0.717) is 34.1 Å². The molecular formula is C43H45N5O7. The predicted octanol–water partition coefficient (Wildman–Crippen LogP) is 6.82. The normalized spacial score (nSPS) is 17.2. The maximum Gasteiger partial charge on any atom is 0.262 e. The van der Waals surface area contributed by atoms with Crippen LogP contribution in [-0.4, -0.2) is 70.6 Å². The van der Waals surface area contributed by atoms with Crippen molar-refractivity contribution in [3.05, 3.63) is 138 Å². The van der Waals surface area contributed by atoms with Crippen LogP contribution in [0.3, 0.4) is 0 Å². The van der Waals surface area contributed by atoms with Crippen molar-refractivity contribution in [1.29, 1.82) is 0 Å². The number of anilines is 1. The number of ether oxygens (including phenoxy) is 5. The summed E-state index contributed by atoms with van der Waals surface area (Å²) in [5.74, 6) is 1.66. The molecule has 0 spiro atoms. The standard InChI is InChI=1S/C43H45N5O7/c1-42(2,3)28-11-21-34(22-12-28)53-27-38(50)45-35-23-24-44-41-40(35)46-47-48(41)39-25-36(49)37(55-39)26-54-43(29-9-7-6-8-10-29,30-13-17-32(51-4)18-14-30)31-15-19-33(52-5)20-16-31/h6-24,36-37,39,49H,25-27H2,1-5H3,(H,44,45,50)/t36-,37+,39+/m0/s1. The van der Waals surface area contributed by atoms with E-state index in [4.69, 9.17) is 23.7 Å². The zero-order valence-corrected chi connectivity index (χ0v) is 31.5. The van der Waals surface area contributed by atoms with Gasteiger partial charge in [0.15, 0.2) is 24.0 Å². The van der Waals surface area contributed by atoms with Crippen LogP contribution in [0, 0.1) is 0 Å². The number of hydrogen-bond acceptors (Lipinski definition) is 10. The molecule has 2 N–H and O–H groups in total. The van der Waals surface area contributed by atoms with Crippen LogP contribution in [0.2, 0.25) is 0 Å². The van der Waals surface area contributed by atoms with E-state index in [1.807, 2.05) is 103 Å². The van der Waals surface area contributed by atoms with Crippen LogP contribution in [0.25, 0.3) is 11.2 Å². The van der Waals surface area contributed by atoms with Gasteiger partial charge in [0, 0.05) is 12.6 Å². The van der Waals surface area contributed by atoms with Gasteiger partial charge >= 0.3 is 0 Å². The Morgan fingerprint density at radius 3 is 2.00 bits per heavy atom. The highest BCUT2D eigenvalue weighted by Crippen LogP contribution is 2.43. The quantitative estimate of drug-likeness (QED) is 0.121. The van der Waals surface area contributed by atoms with Crippen LogP contribution in [0.1, 0.15) is 55.7 Å². The van der Waals surface area contributed by atoms with E-state index in [1.165, 1.54) is 10.2 Å². The number of carbonyl (C=O) groups is 1. The molecule has 55 heavy (non-hydrogen) atoms. The highest BCUT2D eigenvalue weighted by Gasteiger charge is 2.42. The molecule has 1 aliphatic heterocycles. The second-order valence-corrected chi connectivity index (χ2v) is 14.4. The van der Waals surface area contributed by atoms with Gasteiger partial charge in [-0.1, -0.05) is 92.7 Å². The molecule has 7 rings (SSSR count). The Kier molecular flexibility index (Phi) is 10.8. The summed E-state index contributed by atoms with van der Waals surface area (Å²) in [5.41, 5.74) is 3.91. The van der Waals surface area contributed by atoms with E-state index in [-0.39, 0.29) is 31.0 Å². The van der Waals surface area contributed by atoms with Gasteiger partial charge in [-0.3, -0.25) is 4.79 Å². The summed E-state index contributed by atoms with van der Waals surface area (Å²) in [6.07, 6.45) is -0.521. The maximum atomic E-state index is 12.9. The molecule has 12 nitrogen and oxygen atoms in total. The average Bonchev–Trinajstić information content (AvgIpc) is 3.81. The summed E-state index contributed by atoms with van der Waals surface area (Å²) in [4.78, 5) is 17.4. The Bertz CT molecular complexity index is 2150. The second kappa shape index (κ2) is 15.9. The SMILES string of the molecule is COc1ccc(C(OC[C@H]2O[C@@H](n3nnc4c(NC(=O)COc5ccc(C(C)(C)C)cc5)ccnc43)C[C@@H]2O)(c2ccccc2)c2ccc(OC)cc2)cc1. The number of carbonyl (C=O) groups excluding carboxylic acids is 1. The van der Waals surface area contributed by atoms with E-state index in [9.17, 15) is 9.90 Å². The molecule has 0 radical (unpaired) electrons. The van der Waals surface area contributed by atoms with E-state index >= 15 is 0 Å². The Morgan fingerprint density at radius 1 is 0.818 bits per heavy atom. The van der Waals surface area contributed by atoms with Crippen LogP contribution < -0.4 is 19.5 Å². The lowest BCUT2D eigenvalue weighted by Crippen LogP contribution is -2.38. The van der Waals surface area contributed by atoms with Crippen molar-refractivity contribution >= 4 is 22.8 Å². The first-order chi connectivity index (χ1) is 26.6. The summed E-state index contributed by atoms with van der Waals surface area (Å²) in [5, 5.41) is 22.9. The second-order valence-electron chi connectivity index (χ2n) is 14.4. The third-order valence-corrected chi connectivity index (χ3v) is 9.84. The van der Waals surface area contributed by atoms with Gasteiger partial charge in [-0.25, -0.2) is 4.98 Å². The third kappa shape index (κ3) is 7.88. The number of rotatable bonds is 13. The summed E-state index contributed by atoms with van der Waals surface area (Å²) >= 11 is 0. The molecule has 3 atom stereocenters. The minimum Gasteiger partial charge on any atom is -0.497 e. The number of nitrogens with zero attached hydrogens (tertiary/aromatic N) is 4. The van der Waals surface area contributed by atoms with Crippen molar-refractivity contribution in [3.8, 4) is 17.2 Å². The number of pyridine rings is 1. The largest absolute Gasteiger partial charge is 0.497 e. The molecule has 284 valence electrons. The smallest absolute Gasteiger partial charge is 0.262 e. The topological polar surface area (TPSA) is 139 Å². The van der Waals surface area contributed by atoms with Gasteiger partial charge in [0.2, 0.25) is 0 Å². The molecule has 0 saturated carbocycles. The first-order valence-electron chi connectivity index (χ1n) is 18.1. The molecule has 0 aliphatic carbocycles. The van der Waals surface area contributed by atoms with E-state index in [0.717, 1.165) is 16.7 Å².